The first kappa shape index (κ1) is 13.9. The summed E-state index contributed by atoms with van der Waals surface area (Å²) in [5.41, 5.74) is 6.45. The minimum absolute atomic E-state index is 0.0212. The number of carbonyl (C=O) groups excluding carboxylic acids is 1. The molecule has 1 fully saturated rings. The Kier molecular flexibility index (Phi) is 3.78. The summed E-state index contributed by atoms with van der Waals surface area (Å²) in [6.45, 7) is 2.56. The van der Waals surface area contributed by atoms with Gasteiger partial charge in [0.25, 0.3) is 5.78 Å². The number of nitrogens with zero attached hydrogens (tertiary/aromatic N) is 5. The van der Waals surface area contributed by atoms with Crippen LogP contribution in [0.15, 0.2) is 6.07 Å². The van der Waals surface area contributed by atoms with Crippen molar-refractivity contribution in [1.29, 1.82) is 0 Å². The lowest BCUT2D eigenvalue weighted by atomic mass is 9.81. The Morgan fingerprint density at radius 2 is 2.19 bits per heavy atom. The third-order valence-electron chi connectivity index (χ3n) is 4.11. The molecule has 21 heavy (non-hydrogen) atoms. The summed E-state index contributed by atoms with van der Waals surface area (Å²) in [5, 5.41) is 14.2. The first-order chi connectivity index (χ1) is 10.2. The van der Waals surface area contributed by atoms with E-state index < -0.39 is 0 Å². The number of rotatable bonds is 3. The van der Waals surface area contributed by atoms with Crippen molar-refractivity contribution in [3.63, 3.8) is 0 Å². The molecule has 0 spiro atoms. The Morgan fingerprint density at radius 3 is 2.90 bits per heavy atom. The van der Waals surface area contributed by atoms with Crippen LogP contribution in [0.5, 0.6) is 0 Å². The maximum atomic E-state index is 12.4. The summed E-state index contributed by atoms with van der Waals surface area (Å²) in [6.07, 6.45) is 3.81. The van der Waals surface area contributed by atoms with Gasteiger partial charge in [-0.15, -0.1) is 0 Å². The third kappa shape index (κ3) is 2.85. The van der Waals surface area contributed by atoms with Gasteiger partial charge in [0.05, 0.1) is 0 Å². The van der Waals surface area contributed by atoms with Gasteiger partial charge >= 0.3 is 0 Å². The number of nitrogens with one attached hydrogen (secondary N) is 1. The number of nitrogens with two attached hydrogens (primary N) is 1. The van der Waals surface area contributed by atoms with Crippen LogP contribution >= 0.6 is 0 Å². The molecule has 8 heteroatoms. The number of aryl methyl sites for hydroxylation is 1. The number of carbonyl (C=O) groups is 1. The van der Waals surface area contributed by atoms with Crippen LogP contribution in [0.25, 0.3) is 5.78 Å². The molecule has 1 aliphatic rings. The monoisotopic (exact) mass is 289 g/mol. The molecule has 0 radical (unpaired) electrons. The Hall–Kier alpha value is -2.09. The molecule has 0 aliphatic heterocycles. The molecule has 0 bridgehead atoms. The van der Waals surface area contributed by atoms with Gasteiger partial charge in [-0.2, -0.15) is 4.52 Å². The Bertz CT molecular complexity index is 645. The molecule has 1 aliphatic carbocycles. The van der Waals surface area contributed by atoms with Gasteiger partial charge in [-0.3, -0.25) is 4.79 Å². The maximum absolute atomic E-state index is 12.4. The smallest absolute Gasteiger partial charge is 0.275 e. The topological polar surface area (TPSA) is 111 Å². The van der Waals surface area contributed by atoms with Crippen molar-refractivity contribution in [3.8, 4) is 0 Å². The van der Waals surface area contributed by atoms with E-state index in [0.29, 0.717) is 24.1 Å². The number of tetrazole rings is 1. The van der Waals surface area contributed by atoms with Crippen LogP contribution in [0, 0.1) is 18.8 Å². The zero-order chi connectivity index (χ0) is 14.8. The summed E-state index contributed by atoms with van der Waals surface area (Å²) in [4.78, 5) is 16.6. The van der Waals surface area contributed by atoms with Gasteiger partial charge in [-0.25, -0.2) is 4.98 Å². The van der Waals surface area contributed by atoms with Gasteiger partial charge < -0.3 is 11.1 Å². The van der Waals surface area contributed by atoms with Gasteiger partial charge in [0.15, 0.2) is 0 Å². The second-order valence-electron chi connectivity index (χ2n) is 5.62. The predicted octanol–water partition coefficient (Wildman–Crippen LogP) is 0.531. The van der Waals surface area contributed by atoms with Gasteiger partial charge in [-0.05, 0) is 55.5 Å². The van der Waals surface area contributed by atoms with Gasteiger partial charge in [-0.1, -0.05) is 5.10 Å². The highest BCUT2D eigenvalue weighted by Gasteiger charge is 2.26. The van der Waals surface area contributed by atoms with Gasteiger partial charge in [0.1, 0.15) is 5.82 Å². The second-order valence-corrected chi connectivity index (χ2v) is 5.62. The highest BCUT2D eigenvalue weighted by molar-refractivity contribution is 5.92. The Labute approximate surface area is 122 Å². The molecular weight excluding hydrogens is 270 g/mol. The molecule has 0 unspecified atom stereocenters. The molecule has 1 amide bonds. The number of anilines is 1. The number of aromatic nitrogens is 5. The molecule has 3 N–H and O–H groups in total. The molecule has 8 nitrogen and oxygen atoms in total. The number of fused-ring (bicyclic) bond motifs is 1. The molecular formula is C13H19N7O. The van der Waals surface area contributed by atoms with Crippen molar-refractivity contribution < 1.29 is 4.79 Å². The van der Waals surface area contributed by atoms with E-state index in [9.17, 15) is 4.79 Å². The van der Waals surface area contributed by atoms with E-state index in [4.69, 9.17) is 5.73 Å². The van der Waals surface area contributed by atoms with Crippen molar-refractivity contribution in [2.24, 2.45) is 17.6 Å². The second kappa shape index (κ2) is 5.72. The van der Waals surface area contributed by atoms with Crippen LogP contribution < -0.4 is 11.1 Å². The zero-order valence-electron chi connectivity index (χ0n) is 12.0. The standard InChI is InChI=1S/C13H19N7O/c1-8-6-11(20-13(15-8)17-18-19-20)16-12(21)10-4-2-9(7-14)3-5-10/h6,9-10H,2-5,7,14H2,1H3,(H,16,21)/t9-,10-. The molecule has 1 saturated carbocycles. The van der Waals surface area contributed by atoms with Gasteiger partial charge in [0, 0.05) is 17.7 Å². The fraction of sp³-hybridized carbons (Fsp3) is 0.615. The quantitative estimate of drug-likeness (QED) is 0.852. The van der Waals surface area contributed by atoms with Crippen molar-refractivity contribution in [1.82, 2.24) is 25.0 Å². The van der Waals surface area contributed by atoms with E-state index in [-0.39, 0.29) is 11.8 Å². The fourth-order valence-corrected chi connectivity index (χ4v) is 2.83. The fourth-order valence-electron chi connectivity index (χ4n) is 2.83. The Morgan fingerprint density at radius 1 is 1.43 bits per heavy atom. The van der Waals surface area contributed by atoms with E-state index >= 15 is 0 Å². The minimum atomic E-state index is 0.0212. The van der Waals surface area contributed by atoms with E-state index in [1.807, 2.05) is 6.92 Å². The van der Waals surface area contributed by atoms with Crippen molar-refractivity contribution >= 4 is 17.5 Å². The lowest BCUT2D eigenvalue weighted by Crippen LogP contribution is -2.30. The van der Waals surface area contributed by atoms with Gasteiger partial charge in [0.2, 0.25) is 5.91 Å². The lowest BCUT2D eigenvalue weighted by molar-refractivity contribution is -0.121. The Balaban J connectivity index is 1.73. The van der Waals surface area contributed by atoms with E-state index in [2.05, 4.69) is 25.8 Å². The van der Waals surface area contributed by atoms with Crippen LogP contribution in [-0.2, 0) is 4.79 Å². The van der Waals surface area contributed by atoms with Crippen molar-refractivity contribution in [2.45, 2.75) is 32.6 Å². The van der Waals surface area contributed by atoms with E-state index in [1.165, 1.54) is 4.52 Å². The molecule has 0 atom stereocenters. The molecule has 2 aromatic heterocycles. The number of hydrogen-bond acceptors (Lipinski definition) is 6. The number of amides is 1. The number of hydrogen-bond donors (Lipinski definition) is 2. The summed E-state index contributed by atoms with van der Waals surface area (Å²) >= 11 is 0. The SMILES string of the molecule is Cc1cc(NC(=O)[C@H]2CC[C@H](CN)CC2)n2nnnc2n1. The largest absolute Gasteiger partial charge is 0.330 e. The van der Waals surface area contributed by atoms with Crippen molar-refractivity contribution in [3.05, 3.63) is 11.8 Å². The van der Waals surface area contributed by atoms with Crippen LogP contribution in [0.4, 0.5) is 5.82 Å². The highest BCUT2D eigenvalue weighted by atomic mass is 16.2. The van der Waals surface area contributed by atoms with Crippen LogP contribution in [0.2, 0.25) is 0 Å². The van der Waals surface area contributed by atoms with E-state index in [0.717, 1.165) is 31.4 Å². The van der Waals surface area contributed by atoms with Crippen LogP contribution in [0.3, 0.4) is 0 Å². The third-order valence-corrected chi connectivity index (χ3v) is 4.11. The molecule has 3 rings (SSSR count). The zero-order valence-corrected chi connectivity index (χ0v) is 12.0. The van der Waals surface area contributed by atoms with Crippen LogP contribution in [-0.4, -0.2) is 37.5 Å². The first-order valence-corrected chi connectivity index (χ1v) is 7.24. The van der Waals surface area contributed by atoms with Crippen LogP contribution in [0.1, 0.15) is 31.4 Å². The van der Waals surface area contributed by atoms with E-state index in [1.54, 1.807) is 6.07 Å². The first-order valence-electron chi connectivity index (χ1n) is 7.24. The summed E-state index contributed by atoms with van der Waals surface area (Å²) < 4.78 is 1.44. The minimum Gasteiger partial charge on any atom is -0.330 e. The molecule has 2 aromatic rings. The summed E-state index contributed by atoms with van der Waals surface area (Å²) in [5.74, 6) is 1.56. The molecule has 0 saturated heterocycles. The molecule has 0 aromatic carbocycles. The lowest BCUT2D eigenvalue weighted by Gasteiger charge is -2.26. The van der Waals surface area contributed by atoms with Crippen molar-refractivity contribution in [2.75, 3.05) is 11.9 Å². The average molecular weight is 289 g/mol. The maximum Gasteiger partial charge on any atom is 0.275 e. The highest BCUT2D eigenvalue weighted by Crippen LogP contribution is 2.29. The molecule has 2 heterocycles. The molecule has 112 valence electrons. The summed E-state index contributed by atoms with van der Waals surface area (Å²) in [7, 11) is 0. The normalized spacial score (nSPS) is 22.4. The average Bonchev–Trinajstić information content (AvgIpc) is 2.95. The summed E-state index contributed by atoms with van der Waals surface area (Å²) in [6, 6.07) is 1.77. The predicted molar refractivity (Wildman–Crippen MR) is 76.4 cm³/mol.